The van der Waals surface area contributed by atoms with E-state index in [-0.39, 0.29) is 12.5 Å². The molecular formula is C21H23NO4. The van der Waals surface area contributed by atoms with Gasteiger partial charge in [0.25, 0.3) is 0 Å². The first-order valence-electron chi connectivity index (χ1n) is 8.91. The van der Waals surface area contributed by atoms with Gasteiger partial charge in [-0.25, -0.2) is 4.79 Å². The molecule has 0 saturated heterocycles. The van der Waals surface area contributed by atoms with E-state index in [2.05, 4.69) is 23.5 Å². The number of aryl methyl sites for hydroxylation is 2. The summed E-state index contributed by atoms with van der Waals surface area (Å²) < 4.78 is 5.09. The van der Waals surface area contributed by atoms with E-state index in [0.717, 1.165) is 30.4 Å². The molecule has 1 aliphatic rings. The quantitative estimate of drug-likeness (QED) is 0.765. The standard InChI is InChI=1S/C21H23NO4/c23-20(13-16-4-7-17-2-1-3-18(17)12-16)22-11-10-15-5-8-19(9-6-15)26-14-21(24)25/h4-9,12H,1-3,10-11,13-14H2,(H,22,23)(H,24,25). The Morgan fingerprint density at radius 1 is 1.00 bits per heavy atom. The van der Waals surface area contributed by atoms with Crippen LogP contribution in [0.3, 0.4) is 0 Å². The van der Waals surface area contributed by atoms with Gasteiger partial charge in [0, 0.05) is 6.54 Å². The molecule has 0 unspecified atom stereocenters. The van der Waals surface area contributed by atoms with Crippen LogP contribution in [-0.2, 0) is 35.3 Å². The van der Waals surface area contributed by atoms with Crippen molar-refractivity contribution in [1.29, 1.82) is 0 Å². The van der Waals surface area contributed by atoms with E-state index < -0.39 is 5.97 Å². The molecule has 1 aliphatic carbocycles. The van der Waals surface area contributed by atoms with Crippen molar-refractivity contribution in [1.82, 2.24) is 5.32 Å². The van der Waals surface area contributed by atoms with E-state index in [1.54, 1.807) is 12.1 Å². The van der Waals surface area contributed by atoms with Gasteiger partial charge in [-0.05, 0) is 60.1 Å². The number of hydrogen-bond donors (Lipinski definition) is 2. The zero-order valence-electron chi connectivity index (χ0n) is 14.7. The van der Waals surface area contributed by atoms with E-state index in [9.17, 15) is 9.59 Å². The molecule has 3 rings (SSSR count). The molecule has 0 aliphatic heterocycles. The summed E-state index contributed by atoms with van der Waals surface area (Å²) in [4.78, 5) is 22.6. The fraction of sp³-hybridized carbons (Fsp3) is 0.333. The Morgan fingerprint density at radius 3 is 2.50 bits per heavy atom. The molecule has 0 saturated carbocycles. The Balaban J connectivity index is 1.41. The molecule has 0 radical (unpaired) electrons. The van der Waals surface area contributed by atoms with Crippen LogP contribution in [0.1, 0.15) is 28.7 Å². The zero-order chi connectivity index (χ0) is 18.4. The lowest BCUT2D eigenvalue weighted by atomic mass is 10.0. The molecule has 2 aromatic rings. The van der Waals surface area contributed by atoms with Gasteiger partial charge in [-0.3, -0.25) is 4.79 Å². The highest BCUT2D eigenvalue weighted by Gasteiger charge is 2.12. The normalized spacial score (nSPS) is 12.5. The second kappa shape index (κ2) is 8.52. The van der Waals surface area contributed by atoms with Crippen molar-refractivity contribution in [3.8, 4) is 5.75 Å². The maximum atomic E-state index is 12.1. The predicted molar refractivity (Wildman–Crippen MR) is 98.5 cm³/mol. The summed E-state index contributed by atoms with van der Waals surface area (Å²) in [6.45, 7) is 0.219. The summed E-state index contributed by atoms with van der Waals surface area (Å²) in [6.07, 6.45) is 4.62. The number of rotatable bonds is 8. The molecule has 0 spiro atoms. The summed E-state index contributed by atoms with van der Waals surface area (Å²) in [5.74, 6) is -0.443. The monoisotopic (exact) mass is 353 g/mol. The highest BCUT2D eigenvalue weighted by atomic mass is 16.5. The third-order valence-electron chi connectivity index (χ3n) is 4.55. The fourth-order valence-electron chi connectivity index (χ4n) is 3.23. The smallest absolute Gasteiger partial charge is 0.341 e. The second-order valence-electron chi connectivity index (χ2n) is 6.56. The molecule has 5 nitrogen and oxygen atoms in total. The van der Waals surface area contributed by atoms with Crippen LogP contribution in [0.15, 0.2) is 42.5 Å². The second-order valence-corrected chi connectivity index (χ2v) is 6.56. The van der Waals surface area contributed by atoms with Crippen molar-refractivity contribution < 1.29 is 19.4 Å². The lowest BCUT2D eigenvalue weighted by molar-refractivity contribution is -0.139. The third kappa shape index (κ3) is 5.09. The average Bonchev–Trinajstić information content (AvgIpc) is 3.09. The van der Waals surface area contributed by atoms with Gasteiger partial charge in [-0.1, -0.05) is 30.3 Å². The Bertz CT molecular complexity index is 783. The van der Waals surface area contributed by atoms with Crippen LogP contribution in [0.2, 0.25) is 0 Å². The number of benzene rings is 2. The van der Waals surface area contributed by atoms with Crippen molar-refractivity contribution >= 4 is 11.9 Å². The number of aliphatic carboxylic acids is 1. The summed E-state index contributed by atoms with van der Waals surface area (Å²) >= 11 is 0. The molecule has 0 aromatic heterocycles. The predicted octanol–water partition coefficient (Wildman–Crippen LogP) is 2.54. The summed E-state index contributed by atoms with van der Waals surface area (Å²) in [7, 11) is 0. The molecule has 0 fully saturated rings. The first-order chi connectivity index (χ1) is 12.6. The number of carbonyl (C=O) groups is 2. The molecule has 0 bridgehead atoms. The Morgan fingerprint density at radius 2 is 1.73 bits per heavy atom. The minimum absolute atomic E-state index is 0.0318. The molecule has 1 amide bonds. The third-order valence-corrected chi connectivity index (χ3v) is 4.55. The van der Waals surface area contributed by atoms with Crippen LogP contribution in [0.5, 0.6) is 5.75 Å². The van der Waals surface area contributed by atoms with E-state index in [1.807, 2.05) is 12.1 Å². The average molecular weight is 353 g/mol. The first-order valence-corrected chi connectivity index (χ1v) is 8.91. The van der Waals surface area contributed by atoms with Crippen molar-refractivity contribution in [3.05, 3.63) is 64.7 Å². The van der Waals surface area contributed by atoms with Crippen LogP contribution < -0.4 is 10.1 Å². The van der Waals surface area contributed by atoms with Gasteiger partial charge in [0.05, 0.1) is 6.42 Å². The van der Waals surface area contributed by atoms with E-state index in [4.69, 9.17) is 9.84 Å². The number of ether oxygens (including phenoxy) is 1. The molecule has 2 aromatic carbocycles. The highest BCUT2D eigenvalue weighted by Crippen LogP contribution is 2.23. The van der Waals surface area contributed by atoms with Crippen molar-refractivity contribution in [2.75, 3.05) is 13.2 Å². The van der Waals surface area contributed by atoms with E-state index in [0.29, 0.717) is 18.7 Å². The number of nitrogens with one attached hydrogen (secondary N) is 1. The highest BCUT2D eigenvalue weighted by molar-refractivity contribution is 5.78. The number of carboxylic acid groups (broad SMARTS) is 1. The van der Waals surface area contributed by atoms with Crippen molar-refractivity contribution in [2.24, 2.45) is 0 Å². The minimum atomic E-state index is -1.000. The molecule has 136 valence electrons. The molecule has 0 heterocycles. The molecular weight excluding hydrogens is 330 g/mol. The van der Waals surface area contributed by atoms with Gasteiger partial charge >= 0.3 is 5.97 Å². The fourth-order valence-corrected chi connectivity index (χ4v) is 3.23. The zero-order valence-corrected chi connectivity index (χ0v) is 14.7. The van der Waals surface area contributed by atoms with Gasteiger partial charge in [0.2, 0.25) is 5.91 Å². The van der Waals surface area contributed by atoms with Crippen LogP contribution in [0.4, 0.5) is 0 Å². The van der Waals surface area contributed by atoms with Gasteiger partial charge < -0.3 is 15.2 Å². The Hall–Kier alpha value is -2.82. The number of carboxylic acids is 1. The van der Waals surface area contributed by atoms with Crippen LogP contribution in [0.25, 0.3) is 0 Å². The number of fused-ring (bicyclic) bond motifs is 1. The van der Waals surface area contributed by atoms with Crippen LogP contribution >= 0.6 is 0 Å². The summed E-state index contributed by atoms with van der Waals surface area (Å²) in [5.41, 5.74) is 4.94. The molecule has 26 heavy (non-hydrogen) atoms. The Kier molecular flexibility index (Phi) is 5.89. The lowest BCUT2D eigenvalue weighted by Crippen LogP contribution is -2.27. The van der Waals surface area contributed by atoms with Crippen LogP contribution in [-0.4, -0.2) is 30.1 Å². The number of carbonyl (C=O) groups excluding carboxylic acids is 1. The maximum Gasteiger partial charge on any atom is 0.341 e. The van der Waals surface area contributed by atoms with Crippen molar-refractivity contribution in [3.63, 3.8) is 0 Å². The summed E-state index contributed by atoms with van der Waals surface area (Å²) in [6, 6.07) is 13.6. The van der Waals surface area contributed by atoms with Gasteiger partial charge in [0.15, 0.2) is 6.61 Å². The molecule has 2 N–H and O–H groups in total. The van der Waals surface area contributed by atoms with E-state index >= 15 is 0 Å². The number of amides is 1. The molecule has 0 atom stereocenters. The topological polar surface area (TPSA) is 75.6 Å². The lowest BCUT2D eigenvalue weighted by Gasteiger charge is -2.08. The van der Waals surface area contributed by atoms with Gasteiger partial charge in [0.1, 0.15) is 5.75 Å². The maximum absolute atomic E-state index is 12.1. The summed E-state index contributed by atoms with van der Waals surface area (Å²) in [5, 5.41) is 11.5. The van der Waals surface area contributed by atoms with Gasteiger partial charge in [-0.15, -0.1) is 0 Å². The van der Waals surface area contributed by atoms with Gasteiger partial charge in [-0.2, -0.15) is 0 Å². The van der Waals surface area contributed by atoms with E-state index in [1.165, 1.54) is 17.5 Å². The SMILES string of the molecule is O=C(O)COc1ccc(CCNC(=O)Cc2ccc3c(c2)CCC3)cc1. The first kappa shape index (κ1) is 18.0. The minimum Gasteiger partial charge on any atom is -0.482 e. The molecule has 5 heteroatoms. The largest absolute Gasteiger partial charge is 0.482 e. The van der Waals surface area contributed by atoms with Crippen LogP contribution in [0, 0.1) is 0 Å². The Labute approximate surface area is 153 Å². The number of hydrogen-bond acceptors (Lipinski definition) is 3. The van der Waals surface area contributed by atoms with Crippen molar-refractivity contribution in [2.45, 2.75) is 32.1 Å².